The molecule has 0 unspecified atom stereocenters. The molecule has 0 bridgehead atoms. The van der Waals surface area contributed by atoms with Crippen LogP contribution in [-0.4, -0.2) is 23.1 Å². The highest BCUT2D eigenvalue weighted by molar-refractivity contribution is 7.09. The molecule has 7 nitrogen and oxygen atoms in total. The van der Waals surface area contributed by atoms with Gasteiger partial charge in [0.1, 0.15) is 6.54 Å². The van der Waals surface area contributed by atoms with Gasteiger partial charge in [0.25, 0.3) is 0 Å². The van der Waals surface area contributed by atoms with E-state index in [-0.39, 0.29) is 23.9 Å². The molecule has 1 saturated heterocycles. The lowest BCUT2D eigenvalue weighted by molar-refractivity contribution is 0.0963. The lowest BCUT2D eigenvalue weighted by Gasteiger charge is -2.15. The van der Waals surface area contributed by atoms with Crippen molar-refractivity contribution in [2.75, 3.05) is 6.61 Å². The summed E-state index contributed by atoms with van der Waals surface area (Å²) in [6.45, 7) is 7.99. The number of hydrogen-bond acceptors (Lipinski definition) is 6. The number of benzene rings is 1. The number of rotatable bonds is 5. The summed E-state index contributed by atoms with van der Waals surface area (Å²) in [4.78, 5) is 21.5. The average Bonchev–Trinajstić information content (AvgIpc) is 3.33. The van der Waals surface area contributed by atoms with Crippen molar-refractivity contribution in [3.63, 3.8) is 0 Å². The molecule has 0 radical (unpaired) electrons. The summed E-state index contributed by atoms with van der Waals surface area (Å²) in [6, 6.07) is 7.27. The maximum atomic E-state index is 10.8. The second-order valence-electron chi connectivity index (χ2n) is 8.01. The van der Waals surface area contributed by atoms with Crippen LogP contribution in [0.15, 0.2) is 45.6 Å². The van der Waals surface area contributed by atoms with Crippen molar-refractivity contribution >= 4 is 17.2 Å². The molecule has 1 fully saturated rings. The van der Waals surface area contributed by atoms with Crippen molar-refractivity contribution in [1.82, 2.24) is 4.57 Å². The van der Waals surface area contributed by atoms with Crippen LogP contribution in [0.1, 0.15) is 49.6 Å². The Kier molecular flexibility index (Phi) is 6.72. The van der Waals surface area contributed by atoms with E-state index in [0.29, 0.717) is 17.7 Å². The van der Waals surface area contributed by atoms with Crippen LogP contribution in [0.25, 0.3) is 0 Å². The predicted molar refractivity (Wildman–Crippen MR) is 114 cm³/mol. The van der Waals surface area contributed by atoms with E-state index in [1.54, 1.807) is 17.4 Å². The molecule has 152 valence electrons. The van der Waals surface area contributed by atoms with Crippen LogP contribution in [0, 0.1) is 16.4 Å². The van der Waals surface area contributed by atoms with E-state index >= 15 is 0 Å². The van der Waals surface area contributed by atoms with Gasteiger partial charge in [0.15, 0.2) is 10.6 Å². The highest BCUT2D eigenvalue weighted by Crippen LogP contribution is 2.25. The first-order valence-corrected chi connectivity index (χ1v) is 10.5. The molecular formula is C21H25N5O2S. The minimum absolute atomic E-state index is 0.00371. The molecule has 0 amide bonds. The van der Waals surface area contributed by atoms with E-state index in [1.807, 2.05) is 24.4 Å². The third-order valence-corrected chi connectivity index (χ3v) is 6.18. The normalized spacial score (nSPS) is 18.1. The van der Waals surface area contributed by atoms with Crippen LogP contribution in [-0.2, 0) is 23.2 Å². The largest absolute Gasteiger partial charge is 0.376 e. The van der Waals surface area contributed by atoms with Gasteiger partial charge in [-0.15, -0.1) is 11.3 Å². The Morgan fingerprint density at radius 3 is 2.83 bits per heavy atom. The smallest absolute Gasteiger partial charge is 0.207 e. The van der Waals surface area contributed by atoms with E-state index in [1.165, 1.54) is 4.88 Å². The molecule has 29 heavy (non-hydrogen) atoms. The van der Waals surface area contributed by atoms with Gasteiger partial charge in [0.2, 0.25) is 6.19 Å². The molecule has 0 spiro atoms. The molecule has 1 atom stereocenters. The van der Waals surface area contributed by atoms with Crippen LogP contribution < -0.4 is 4.80 Å². The fraction of sp³-hybridized carbons (Fsp3) is 0.476. The third kappa shape index (κ3) is 5.25. The van der Waals surface area contributed by atoms with Gasteiger partial charge in [-0.05, 0) is 23.8 Å². The van der Waals surface area contributed by atoms with Crippen molar-refractivity contribution in [2.45, 2.75) is 58.2 Å². The summed E-state index contributed by atoms with van der Waals surface area (Å²) in [5.74, 6) is 0.287. The van der Waals surface area contributed by atoms with E-state index < -0.39 is 0 Å². The zero-order valence-corrected chi connectivity index (χ0v) is 17.8. The molecule has 1 aliphatic heterocycles. The predicted octanol–water partition coefficient (Wildman–Crippen LogP) is 4.12. The maximum Gasteiger partial charge on any atom is 0.207 e. The van der Waals surface area contributed by atoms with Crippen LogP contribution >= 0.6 is 11.3 Å². The molecular weight excluding hydrogens is 386 g/mol. The summed E-state index contributed by atoms with van der Waals surface area (Å²) >= 11 is 1.58. The summed E-state index contributed by atoms with van der Waals surface area (Å²) in [5.41, 5.74) is 1.31. The van der Waals surface area contributed by atoms with Gasteiger partial charge in [-0.3, -0.25) is 0 Å². The topological polar surface area (TPSA) is 92.1 Å². The highest BCUT2D eigenvalue weighted by Gasteiger charge is 2.21. The van der Waals surface area contributed by atoms with Gasteiger partial charge in [-0.25, -0.2) is 0 Å². The Morgan fingerprint density at radius 2 is 2.17 bits per heavy atom. The average molecular weight is 412 g/mol. The van der Waals surface area contributed by atoms with Crippen molar-refractivity contribution in [2.24, 2.45) is 15.2 Å². The Morgan fingerprint density at radius 1 is 1.38 bits per heavy atom. The first-order valence-electron chi connectivity index (χ1n) is 9.63. The van der Waals surface area contributed by atoms with Gasteiger partial charge in [-0.1, -0.05) is 50.2 Å². The van der Waals surface area contributed by atoms with E-state index in [2.05, 4.69) is 41.7 Å². The molecule has 0 aliphatic carbocycles. The van der Waals surface area contributed by atoms with Gasteiger partial charge in [0, 0.05) is 23.2 Å². The molecule has 0 saturated carbocycles. The van der Waals surface area contributed by atoms with Crippen molar-refractivity contribution in [1.29, 1.82) is 5.26 Å². The number of nitriles is 1. The zero-order chi connectivity index (χ0) is 20.9. The fourth-order valence-electron chi connectivity index (χ4n) is 3.18. The highest BCUT2D eigenvalue weighted by atomic mass is 32.1. The third-order valence-electron chi connectivity index (χ3n) is 4.73. The van der Waals surface area contributed by atoms with Crippen molar-refractivity contribution < 1.29 is 4.74 Å². The van der Waals surface area contributed by atoms with E-state index in [0.717, 1.165) is 24.2 Å². The first-order chi connectivity index (χ1) is 13.9. The molecule has 1 aliphatic rings. The lowest BCUT2D eigenvalue weighted by atomic mass is 9.95. The monoisotopic (exact) mass is 411 g/mol. The zero-order valence-electron chi connectivity index (χ0n) is 17.0. The molecule has 2 heterocycles. The van der Waals surface area contributed by atoms with Crippen molar-refractivity contribution in [3.05, 3.63) is 56.2 Å². The molecule has 3 rings (SSSR count). The minimum Gasteiger partial charge on any atom is -0.376 e. The molecule has 0 N–H and O–H groups in total. The Hall–Kier alpha value is -2.63. The number of nitroso groups, excluding NO2 is 1. The molecule has 2 aromatic rings. The van der Waals surface area contributed by atoms with Gasteiger partial charge in [0.05, 0.1) is 12.6 Å². The quantitative estimate of drug-likeness (QED) is 0.321. The van der Waals surface area contributed by atoms with E-state index in [9.17, 15) is 10.2 Å². The Balaban J connectivity index is 2.10. The number of aromatic nitrogens is 1. The first kappa shape index (κ1) is 21.1. The number of hydrogen-bond donors (Lipinski definition) is 0. The van der Waals surface area contributed by atoms with Gasteiger partial charge < -0.3 is 9.30 Å². The van der Waals surface area contributed by atoms with Crippen LogP contribution in [0.4, 0.5) is 0 Å². The SMILES string of the molecule is CC(C)(C)c1cn(C[C@H]2CCCO2)c(=NC(=NC#N)c2ccccc2CN=O)s1. The standard InChI is InChI=1S/C21H25N5O2S/c1-21(2,3)18-13-26(12-16-8-6-10-28-16)20(29-18)25-19(23-14-22)17-9-5-4-7-15(17)11-24-27/h4-5,7,9,13,16H,6,8,10-12H2,1-3H3/t16-/m1/s1. The number of ether oxygens (including phenoxy) is 1. The Bertz CT molecular complexity index is 1000. The summed E-state index contributed by atoms with van der Waals surface area (Å²) in [5, 5.41) is 12.2. The maximum absolute atomic E-state index is 10.8. The number of nitrogens with zero attached hydrogens (tertiary/aromatic N) is 5. The summed E-state index contributed by atoms with van der Waals surface area (Å²) in [6.07, 6.45) is 6.23. The second kappa shape index (κ2) is 9.25. The van der Waals surface area contributed by atoms with Gasteiger partial charge in [-0.2, -0.15) is 20.2 Å². The minimum atomic E-state index is -0.0252. The van der Waals surface area contributed by atoms with E-state index in [4.69, 9.17) is 9.73 Å². The molecule has 1 aromatic carbocycles. The van der Waals surface area contributed by atoms with Crippen LogP contribution in [0.5, 0.6) is 0 Å². The summed E-state index contributed by atoms with van der Waals surface area (Å²) < 4.78 is 7.90. The number of amidine groups is 1. The fourth-order valence-corrected chi connectivity index (χ4v) is 4.24. The second-order valence-corrected chi connectivity index (χ2v) is 9.02. The van der Waals surface area contributed by atoms with Crippen molar-refractivity contribution in [3.8, 4) is 6.19 Å². The number of aliphatic imine (C=N–C) groups is 1. The van der Waals surface area contributed by atoms with Crippen LogP contribution in [0.2, 0.25) is 0 Å². The lowest BCUT2D eigenvalue weighted by Crippen LogP contribution is -2.24. The molecule has 1 aromatic heterocycles. The van der Waals surface area contributed by atoms with Crippen LogP contribution in [0.3, 0.4) is 0 Å². The molecule has 8 heteroatoms. The Labute approximate surface area is 174 Å². The van der Waals surface area contributed by atoms with Gasteiger partial charge >= 0.3 is 0 Å². The summed E-state index contributed by atoms with van der Waals surface area (Å²) in [7, 11) is 0. The number of thiazole rings is 1.